The zero-order chi connectivity index (χ0) is 44.0. The van der Waals surface area contributed by atoms with Crippen molar-refractivity contribution in [1.29, 1.82) is 0 Å². The highest BCUT2D eigenvalue weighted by molar-refractivity contribution is 6.01. The molecule has 1 amide bonds. The Morgan fingerprint density at radius 2 is 1.72 bits per heavy atom. The minimum absolute atomic E-state index is 0.0665. The van der Waals surface area contributed by atoms with Gasteiger partial charge in [0.25, 0.3) is 0 Å². The molecular weight excluding hydrogens is 786 g/mol. The van der Waals surface area contributed by atoms with Gasteiger partial charge in [0, 0.05) is 46.8 Å². The molecule has 0 bridgehead atoms. The van der Waals surface area contributed by atoms with Crippen LogP contribution in [-0.4, -0.2) is 80.9 Å². The molecular formula is C47H54FN3O10. The number of aliphatic hydroxyl groups is 2. The topological polar surface area (TPSA) is 204 Å². The van der Waals surface area contributed by atoms with E-state index in [0.717, 1.165) is 10.8 Å². The third-order valence-corrected chi connectivity index (χ3v) is 13.8. The van der Waals surface area contributed by atoms with Crippen LogP contribution in [0.25, 0.3) is 10.8 Å². The van der Waals surface area contributed by atoms with Crippen molar-refractivity contribution in [1.82, 2.24) is 4.98 Å². The Kier molecular flexibility index (Phi) is 12.0. The second-order valence-electron chi connectivity index (χ2n) is 17.9. The maximum absolute atomic E-state index is 17.6. The van der Waals surface area contributed by atoms with Gasteiger partial charge in [0.1, 0.15) is 12.2 Å². The van der Waals surface area contributed by atoms with Crippen LogP contribution < -0.4 is 11.1 Å². The number of anilines is 1. The van der Waals surface area contributed by atoms with E-state index in [9.17, 15) is 34.2 Å². The Morgan fingerprint density at radius 3 is 2.43 bits per heavy atom. The first-order chi connectivity index (χ1) is 28.8. The first kappa shape index (κ1) is 43.9. The molecule has 3 saturated carbocycles. The molecule has 324 valence electrons. The lowest BCUT2D eigenvalue weighted by atomic mass is 9.44. The van der Waals surface area contributed by atoms with Crippen molar-refractivity contribution in [3.63, 3.8) is 0 Å². The number of hydrogen-bond acceptors (Lipinski definition) is 12. The molecule has 0 radical (unpaired) electrons. The van der Waals surface area contributed by atoms with Gasteiger partial charge >= 0.3 is 11.9 Å². The van der Waals surface area contributed by atoms with E-state index in [4.69, 9.17) is 19.9 Å². The summed E-state index contributed by atoms with van der Waals surface area (Å²) in [4.78, 5) is 69.2. The van der Waals surface area contributed by atoms with Crippen molar-refractivity contribution in [2.75, 3.05) is 18.5 Å². The molecule has 1 aromatic heterocycles. The third-order valence-electron chi connectivity index (χ3n) is 13.8. The summed E-state index contributed by atoms with van der Waals surface area (Å²) in [6.07, 6.45) is 6.62. The fraction of sp³-hybridized carbons (Fsp3) is 0.489. The zero-order valence-electron chi connectivity index (χ0n) is 34.9. The smallest absolute Gasteiger partial charge is 0.306 e. The number of rotatable bonds is 14. The number of ketones is 2. The van der Waals surface area contributed by atoms with Gasteiger partial charge in [0.05, 0.1) is 24.9 Å². The van der Waals surface area contributed by atoms with Crippen LogP contribution in [0.15, 0.2) is 84.7 Å². The van der Waals surface area contributed by atoms with E-state index in [1.54, 1.807) is 62.6 Å². The molecule has 7 rings (SSSR count). The summed E-state index contributed by atoms with van der Waals surface area (Å²) in [7, 11) is 0. The van der Waals surface area contributed by atoms with Gasteiger partial charge in [-0.2, -0.15) is 0 Å². The molecule has 14 heteroatoms. The monoisotopic (exact) mass is 839 g/mol. The van der Waals surface area contributed by atoms with Crippen molar-refractivity contribution in [2.45, 2.75) is 108 Å². The first-order valence-corrected chi connectivity index (χ1v) is 20.9. The molecule has 4 aliphatic carbocycles. The number of aliphatic hydroxyl groups excluding tert-OH is 1. The van der Waals surface area contributed by atoms with E-state index in [1.165, 1.54) is 26.0 Å². The predicted octanol–water partition coefficient (Wildman–Crippen LogP) is 5.71. The molecule has 0 spiro atoms. The highest BCUT2D eigenvalue weighted by Gasteiger charge is 2.75. The van der Waals surface area contributed by atoms with Crippen LogP contribution in [-0.2, 0) is 44.8 Å². The molecule has 8 atom stereocenters. The molecule has 13 nitrogen and oxygen atoms in total. The third kappa shape index (κ3) is 8.06. The number of nitrogens with two attached hydrogens (primary N) is 1. The van der Waals surface area contributed by atoms with E-state index in [0.29, 0.717) is 41.6 Å². The number of hydrogen-bond donors (Lipinski definition) is 4. The van der Waals surface area contributed by atoms with Gasteiger partial charge in [-0.25, -0.2) is 4.39 Å². The fourth-order valence-corrected chi connectivity index (χ4v) is 10.7. The molecule has 3 fully saturated rings. The average molecular weight is 840 g/mol. The number of carbonyl (C=O) groups is 5. The normalized spacial score (nSPS) is 29.7. The molecule has 61 heavy (non-hydrogen) atoms. The molecule has 1 unspecified atom stereocenters. The highest BCUT2D eigenvalue weighted by Crippen LogP contribution is 2.70. The van der Waals surface area contributed by atoms with Crippen LogP contribution in [0, 0.1) is 22.7 Å². The van der Waals surface area contributed by atoms with E-state index in [1.807, 2.05) is 18.2 Å². The van der Waals surface area contributed by atoms with Gasteiger partial charge in [-0.05, 0) is 106 Å². The number of amides is 1. The number of nitrogens with one attached hydrogen (secondary N) is 1. The molecule has 5 N–H and O–H groups in total. The number of allylic oxidation sites excluding steroid dienone is 4. The number of Topliss-reactive ketones (excluding diaryl/α,β-unsaturated/α-hetero) is 1. The van der Waals surface area contributed by atoms with Gasteiger partial charge in [0.15, 0.2) is 23.8 Å². The van der Waals surface area contributed by atoms with Crippen LogP contribution in [0.2, 0.25) is 0 Å². The number of ether oxygens (including phenoxy) is 3. The SMILES string of the molecule is CC(C)(O)O[C@]1(C(=O)COC(=O)CCC(=O)OCc2ccc([C@@H](CN)C(=O)Nc3ccc4cnccc4c3)cc2)CC[C@H]2C3CCC4=CC(=O)C=C[C@]4(C)[C@@]3(F)[C@@H](O)C[C@@]21C. The van der Waals surface area contributed by atoms with E-state index < -0.39 is 76.1 Å². The second-order valence-corrected chi connectivity index (χ2v) is 17.9. The summed E-state index contributed by atoms with van der Waals surface area (Å²) in [5.74, 6) is -6.21. The lowest BCUT2D eigenvalue weighted by Crippen LogP contribution is -2.70. The van der Waals surface area contributed by atoms with Crippen molar-refractivity contribution in [3.05, 3.63) is 95.9 Å². The Hall–Kier alpha value is -5.15. The highest BCUT2D eigenvalue weighted by atomic mass is 19.1. The number of halogens is 1. The van der Waals surface area contributed by atoms with Crippen LogP contribution >= 0.6 is 0 Å². The summed E-state index contributed by atoms with van der Waals surface area (Å²) < 4.78 is 34.6. The molecule has 0 saturated heterocycles. The van der Waals surface area contributed by atoms with Crippen LogP contribution in [0.1, 0.15) is 89.7 Å². The number of carbonyl (C=O) groups excluding carboxylic acids is 5. The van der Waals surface area contributed by atoms with Gasteiger partial charge in [0.2, 0.25) is 11.7 Å². The Balaban J connectivity index is 0.925. The number of nitrogens with zero attached hydrogens (tertiary/aromatic N) is 1. The van der Waals surface area contributed by atoms with Crippen molar-refractivity contribution >= 4 is 45.9 Å². The molecule has 2 aromatic carbocycles. The standard InChI is InChI=1S/C47H54FN3O10/c1-43(2,58)61-46(19-16-36-37-12-10-32-22-34(52)15-18-44(32,3)47(37,48)38(53)23-45(36,46)4)39(54)27-60-41(56)14-13-40(55)59-26-28-5-7-29(8-6-28)35(24-49)42(57)51-33-11-9-31-25-50-20-17-30(31)21-33/h5-9,11,15,17-18,20-22,25,35-38,53,58H,10,12-14,16,19,23-24,26-27,49H2,1-4H3,(H,51,57)/t35-,36+,37?,38+,44+,45+,46+,47+/m1/s1. The molecule has 1 heterocycles. The summed E-state index contributed by atoms with van der Waals surface area (Å²) in [6, 6.07) is 14.3. The van der Waals surface area contributed by atoms with Crippen molar-refractivity contribution in [2.24, 2.45) is 28.4 Å². The number of fused-ring (bicyclic) bond motifs is 6. The number of benzene rings is 2. The lowest BCUT2D eigenvalue weighted by molar-refractivity contribution is -0.286. The van der Waals surface area contributed by atoms with Gasteiger partial charge in [-0.1, -0.05) is 48.9 Å². The van der Waals surface area contributed by atoms with Gasteiger partial charge < -0.3 is 35.5 Å². The lowest BCUT2D eigenvalue weighted by Gasteiger charge is -2.63. The Labute approximate surface area is 353 Å². The number of pyridine rings is 1. The Morgan fingerprint density at radius 1 is 1.00 bits per heavy atom. The van der Waals surface area contributed by atoms with E-state index in [2.05, 4.69) is 10.3 Å². The summed E-state index contributed by atoms with van der Waals surface area (Å²) in [6.45, 7) is 5.50. The van der Waals surface area contributed by atoms with Crippen LogP contribution in [0.4, 0.5) is 10.1 Å². The quantitative estimate of drug-likeness (QED) is 0.114. The van der Waals surface area contributed by atoms with Gasteiger partial charge in [-0.15, -0.1) is 0 Å². The summed E-state index contributed by atoms with van der Waals surface area (Å²) in [5, 5.41) is 27.5. The molecule has 4 aliphatic rings. The number of esters is 2. The number of aromatic nitrogens is 1. The molecule has 3 aromatic rings. The van der Waals surface area contributed by atoms with Crippen molar-refractivity contribution in [3.8, 4) is 0 Å². The van der Waals surface area contributed by atoms with Gasteiger partial charge in [-0.3, -0.25) is 29.0 Å². The zero-order valence-corrected chi connectivity index (χ0v) is 34.9. The predicted molar refractivity (Wildman–Crippen MR) is 222 cm³/mol. The Bertz CT molecular complexity index is 2290. The second kappa shape index (κ2) is 16.6. The minimum Gasteiger partial charge on any atom is -0.461 e. The summed E-state index contributed by atoms with van der Waals surface area (Å²) >= 11 is 0. The fourth-order valence-electron chi connectivity index (χ4n) is 10.7. The van der Waals surface area contributed by atoms with Crippen LogP contribution in [0.5, 0.6) is 0 Å². The average Bonchev–Trinajstić information content (AvgIpc) is 3.50. The maximum atomic E-state index is 17.6. The van der Waals surface area contributed by atoms with E-state index >= 15 is 4.39 Å². The first-order valence-electron chi connectivity index (χ1n) is 20.9. The summed E-state index contributed by atoms with van der Waals surface area (Å²) in [5.41, 5.74) is 2.35. The molecule has 0 aliphatic heterocycles. The largest absolute Gasteiger partial charge is 0.461 e. The van der Waals surface area contributed by atoms with Crippen LogP contribution in [0.3, 0.4) is 0 Å². The maximum Gasteiger partial charge on any atom is 0.306 e. The number of alkyl halides is 1. The van der Waals surface area contributed by atoms with E-state index in [-0.39, 0.29) is 50.5 Å². The van der Waals surface area contributed by atoms with Crippen molar-refractivity contribution < 1.29 is 52.8 Å². The minimum atomic E-state index is -2.12.